The molecule has 0 spiro atoms. The number of nitrogens with zero attached hydrogens (tertiary/aromatic N) is 2. The monoisotopic (exact) mass is 194 g/mol. The summed E-state index contributed by atoms with van der Waals surface area (Å²) < 4.78 is 7.58. The Bertz CT molecular complexity index is 277. The van der Waals surface area contributed by atoms with Gasteiger partial charge in [0.05, 0.1) is 25.0 Å². The first-order chi connectivity index (χ1) is 6.90. The molecule has 1 saturated carbocycles. The molecule has 1 fully saturated rings. The van der Waals surface area contributed by atoms with Crippen molar-refractivity contribution in [2.24, 2.45) is 0 Å². The molecular formula is C11H18N2O. The highest BCUT2D eigenvalue weighted by Crippen LogP contribution is 2.29. The van der Waals surface area contributed by atoms with Gasteiger partial charge in [0.2, 0.25) is 0 Å². The van der Waals surface area contributed by atoms with Crippen LogP contribution in [-0.4, -0.2) is 16.4 Å². The molecule has 0 bridgehead atoms. The van der Waals surface area contributed by atoms with Gasteiger partial charge in [-0.05, 0) is 19.3 Å². The van der Waals surface area contributed by atoms with E-state index in [4.69, 9.17) is 4.74 Å². The van der Waals surface area contributed by atoms with Gasteiger partial charge >= 0.3 is 0 Å². The molecule has 0 unspecified atom stereocenters. The molecule has 0 aromatic carbocycles. The number of ether oxygens (including phenoxy) is 1. The van der Waals surface area contributed by atoms with E-state index in [1.54, 1.807) is 0 Å². The summed E-state index contributed by atoms with van der Waals surface area (Å²) in [5.41, 5.74) is 0. The lowest BCUT2D eigenvalue weighted by Gasteiger charge is -2.08. The molecule has 14 heavy (non-hydrogen) atoms. The minimum absolute atomic E-state index is 0.619. The Balaban J connectivity index is 1.94. The summed E-state index contributed by atoms with van der Waals surface area (Å²) in [6.45, 7) is 2.90. The van der Waals surface area contributed by atoms with E-state index in [0.29, 0.717) is 6.04 Å². The van der Waals surface area contributed by atoms with Gasteiger partial charge < -0.3 is 4.74 Å². The second-order valence-corrected chi connectivity index (χ2v) is 3.94. The molecule has 0 N–H and O–H groups in total. The van der Waals surface area contributed by atoms with E-state index in [2.05, 4.69) is 16.7 Å². The number of hydrogen-bond donors (Lipinski definition) is 0. The number of rotatable bonds is 4. The van der Waals surface area contributed by atoms with Crippen molar-refractivity contribution in [3.8, 4) is 5.75 Å². The quantitative estimate of drug-likeness (QED) is 0.737. The fraction of sp³-hybridized carbons (Fsp3) is 0.727. The van der Waals surface area contributed by atoms with Crippen LogP contribution in [-0.2, 0) is 0 Å². The molecule has 0 radical (unpaired) electrons. The van der Waals surface area contributed by atoms with Crippen LogP contribution in [0.5, 0.6) is 5.75 Å². The van der Waals surface area contributed by atoms with Gasteiger partial charge in [0, 0.05) is 0 Å². The van der Waals surface area contributed by atoms with Crippen molar-refractivity contribution >= 4 is 0 Å². The van der Waals surface area contributed by atoms with Gasteiger partial charge in [-0.3, -0.25) is 4.68 Å². The van der Waals surface area contributed by atoms with E-state index in [1.807, 2.05) is 12.4 Å². The molecule has 3 heteroatoms. The van der Waals surface area contributed by atoms with Gasteiger partial charge in [-0.15, -0.1) is 0 Å². The average Bonchev–Trinajstić information content (AvgIpc) is 2.85. The van der Waals surface area contributed by atoms with Crippen molar-refractivity contribution in [3.05, 3.63) is 12.4 Å². The fourth-order valence-corrected chi connectivity index (χ4v) is 1.98. The zero-order valence-corrected chi connectivity index (χ0v) is 8.78. The van der Waals surface area contributed by atoms with Crippen LogP contribution in [0.3, 0.4) is 0 Å². The van der Waals surface area contributed by atoms with Crippen molar-refractivity contribution in [1.82, 2.24) is 9.78 Å². The predicted octanol–water partition coefficient (Wildman–Crippen LogP) is 2.79. The maximum absolute atomic E-state index is 5.51. The summed E-state index contributed by atoms with van der Waals surface area (Å²) in [5, 5.41) is 4.34. The summed E-state index contributed by atoms with van der Waals surface area (Å²) in [6.07, 6.45) is 10.1. The molecule has 0 atom stereocenters. The molecular weight excluding hydrogens is 176 g/mol. The van der Waals surface area contributed by atoms with Crippen molar-refractivity contribution in [1.29, 1.82) is 0 Å². The third-order valence-corrected chi connectivity index (χ3v) is 2.75. The van der Waals surface area contributed by atoms with Crippen LogP contribution in [0.4, 0.5) is 0 Å². The number of hydrogen-bond acceptors (Lipinski definition) is 2. The van der Waals surface area contributed by atoms with Crippen LogP contribution in [0.2, 0.25) is 0 Å². The third-order valence-electron chi connectivity index (χ3n) is 2.75. The standard InChI is InChI=1S/C11H18N2O/c1-2-7-14-11-8-12-13(9-11)10-5-3-4-6-10/h8-10H,2-7H2,1H3. The SMILES string of the molecule is CCCOc1cnn(C2CCCC2)c1. The fourth-order valence-electron chi connectivity index (χ4n) is 1.98. The first-order valence-electron chi connectivity index (χ1n) is 5.57. The smallest absolute Gasteiger partial charge is 0.157 e. The van der Waals surface area contributed by atoms with E-state index in [0.717, 1.165) is 18.8 Å². The summed E-state index contributed by atoms with van der Waals surface area (Å²) in [6, 6.07) is 0.619. The van der Waals surface area contributed by atoms with E-state index in [-0.39, 0.29) is 0 Å². The van der Waals surface area contributed by atoms with Gasteiger partial charge in [-0.25, -0.2) is 0 Å². The Morgan fingerprint density at radius 1 is 1.50 bits per heavy atom. The first-order valence-corrected chi connectivity index (χ1v) is 5.57. The van der Waals surface area contributed by atoms with Crippen LogP contribution < -0.4 is 4.74 Å². The maximum Gasteiger partial charge on any atom is 0.157 e. The zero-order valence-electron chi connectivity index (χ0n) is 8.78. The summed E-state index contributed by atoms with van der Waals surface area (Å²) in [5.74, 6) is 0.916. The minimum Gasteiger partial charge on any atom is -0.490 e. The lowest BCUT2D eigenvalue weighted by molar-refractivity contribution is 0.316. The van der Waals surface area contributed by atoms with Crippen LogP contribution >= 0.6 is 0 Å². The van der Waals surface area contributed by atoms with Gasteiger partial charge in [0.15, 0.2) is 5.75 Å². The molecule has 1 aliphatic rings. The molecule has 0 saturated heterocycles. The van der Waals surface area contributed by atoms with E-state index >= 15 is 0 Å². The topological polar surface area (TPSA) is 27.1 Å². The normalized spacial score (nSPS) is 17.5. The van der Waals surface area contributed by atoms with Crippen molar-refractivity contribution in [2.75, 3.05) is 6.61 Å². The Kier molecular flexibility index (Phi) is 3.07. The molecule has 1 heterocycles. The minimum atomic E-state index is 0.619. The molecule has 1 aliphatic carbocycles. The van der Waals surface area contributed by atoms with Crippen LogP contribution in [0.15, 0.2) is 12.4 Å². The molecule has 0 aliphatic heterocycles. The highest BCUT2D eigenvalue weighted by Gasteiger charge is 2.17. The molecule has 1 aromatic rings. The van der Waals surface area contributed by atoms with Crippen molar-refractivity contribution < 1.29 is 4.74 Å². The van der Waals surface area contributed by atoms with E-state index in [1.165, 1.54) is 25.7 Å². The molecule has 3 nitrogen and oxygen atoms in total. The first kappa shape index (κ1) is 9.56. The van der Waals surface area contributed by atoms with Gasteiger partial charge in [-0.1, -0.05) is 19.8 Å². The highest BCUT2D eigenvalue weighted by molar-refractivity contribution is 5.12. The third kappa shape index (κ3) is 2.08. The zero-order chi connectivity index (χ0) is 9.80. The van der Waals surface area contributed by atoms with Gasteiger partial charge in [0.1, 0.15) is 0 Å². The van der Waals surface area contributed by atoms with Crippen LogP contribution in [0.25, 0.3) is 0 Å². The van der Waals surface area contributed by atoms with Gasteiger partial charge in [0.25, 0.3) is 0 Å². The predicted molar refractivity (Wildman–Crippen MR) is 55.5 cm³/mol. The molecule has 0 amide bonds. The lowest BCUT2D eigenvalue weighted by Crippen LogP contribution is -2.04. The van der Waals surface area contributed by atoms with Crippen molar-refractivity contribution in [3.63, 3.8) is 0 Å². The second-order valence-electron chi connectivity index (χ2n) is 3.94. The summed E-state index contributed by atoms with van der Waals surface area (Å²) in [7, 11) is 0. The van der Waals surface area contributed by atoms with Crippen LogP contribution in [0.1, 0.15) is 45.1 Å². The van der Waals surface area contributed by atoms with Crippen LogP contribution in [0, 0.1) is 0 Å². The molecule has 1 aromatic heterocycles. The van der Waals surface area contributed by atoms with E-state index < -0.39 is 0 Å². The number of aromatic nitrogens is 2. The molecule has 78 valence electrons. The Morgan fingerprint density at radius 3 is 3.00 bits per heavy atom. The Labute approximate surface area is 85.1 Å². The second kappa shape index (κ2) is 4.49. The Hall–Kier alpha value is -0.990. The highest BCUT2D eigenvalue weighted by atomic mass is 16.5. The average molecular weight is 194 g/mol. The van der Waals surface area contributed by atoms with Crippen molar-refractivity contribution in [2.45, 2.75) is 45.1 Å². The molecule has 2 rings (SSSR count). The summed E-state index contributed by atoms with van der Waals surface area (Å²) >= 11 is 0. The Morgan fingerprint density at radius 2 is 2.29 bits per heavy atom. The maximum atomic E-state index is 5.51. The van der Waals surface area contributed by atoms with Gasteiger partial charge in [-0.2, -0.15) is 5.10 Å². The largest absolute Gasteiger partial charge is 0.490 e. The lowest BCUT2D eigenvalue weighted by atomic mass is 10.3. The summed E-state index contributed by atoms with van der Waals surface area (Å²) in [4.78, 5) is 0. The van der Waals surface area contributed by atoms with E-state index in [9.17, 15) is 0 Å².